The van der Waals surface area contributed by atoms with Gasteiger partial charge in [-0.15, -0.1) is 11.8 Å². The summed E-state index contributed by atoms with van der Waals surface area (Å²) in [6, 6.07) is 18.0. The number of carbonyl (C=O) groups is 1. The molecular weight excluding hydrogens is 306 g/mol. The van der Waals surface area contributed by atoms with Crippen LogP contribution in [0.3, 0.4) is 0 Å². The molecule has 0 saturated heterocycles. The molecule has 23 heavy (non-hydrogen) atoms. The molecule has 0 unspecified atom stereocenters. The summed E-state index contributed by atoms with van der Waals surface area (Å²) in [4.78, 5) is 12.0. The minimum Gasteiger partial charge on any atom is -0.494 e. The fraction of sp³-hybridized carbons (Fsp3) is 0.316. The van der Waals surface area contributed by atoms with Gasteiger partial charge < -0.3 is 10.1 Å². The molecule has 0 aliphatic rings. The van der Waals surface area contributed by atoms with E-state index in [9.17, 15) is 4.79 Å². The molecule has 0 aliphatic heterocycles. The van der Waals surface area contributed by atoms with Crippen LogP contribution in [0.5, 0.6) is 5.75 Å². The smallest absolute Gasteiger partial charge is 0.230 e. The highest BCUT2D eigenvalue weighted by Crippen LogP contribution is 2.18. The molecule has 0 fully saturated rings. The molecule has 122 valence electrons. The predicted octanol–water partition coefficient (Wildman–Crippen LogP) is 4.20. The van der Waals surface area contributed by atoms with E-state index in [1.54, 1.807) is 11.8 Å². The third-order valence-corrected chi connectivity index (χ3v) is 4.42. The van der Waals surface area contributed by atoms with Gasteiger partial charge in [0, 0.05) is 5.75 Å². The first kappa shape index (κ1) is 17.4. The van der Waals surface area contributed by atoms with E-state index in [2.05, 4.69) is 17.4 Å². The van der Waals surface area contributed by atoms with Gasteiger partial charge in [-0.05, 0) is 37.1 Å². The molecule has 0 spiro atoms. The first-order chi connectivity index (χ1) is 11.2. The van der Waals surface area contributed by atoms with Crippen LogP contribution in [0.1, 0.15) is 31.0 Å². The number of thioether (sulfide) groups is 1. The van der Waals surface area contributed by atoms with Gasteiger partial charge in [0.05, 0.1) is 18.4 Å². The summed E-state index contributed by atoms with van der Waals surface area (Å²) in [5.41, 5.74) is 2.32. The van der Waals surface area contributed by atoms with Crippen LogP contribution in [0, 0.1) is 0 Å². The van der Waals surface area contributed by atoms with Gasteiger partial charge in [-0.25, -0.2) is 0 Å². The first-order valence-electron chi connectivity index (χ1n) is 7.83. The highest BCUT2D eigenvalue weighted by Gasteiger charge is 2.09. The summed E-state index contributed by atoms with van der Waals surface area (Å²) in [5.74, 6) is 2.24. The Morgan fingerprint density at radius 1 is 1.13 bits per heavy atom. The molecular formula is C19H23NO2S. The van der Waals surface area contributed by atoms with E-state index in [1.165, 1.54) is 5.56 Å². The van der Waals surface area contributed by atoms with Crippen molar-refractivity contribution in [3.63, 3.8) is 0 Å². The molecule has 1 amide bonds. The second-order valence-electron chi connectivity index (χ2n) is 5.27. The van der Waals surface area contributed by atoms with E-state index in [4.69, 9.17) is 4.74 Å². The summed E-state index contributed by atoms with van der Waals surface area (Å²) < 4.78 is 5.43. The Balaban J connectivity index is 1.75. The average Bonchev–Trinajstić information content (AvgIpc) is 2.57. The number of carbonyl (C=O) groups excluding carboxylic acids is 1. The maximum atomic E-state index is 12.0. The number of hydrogen-bond donors (Lipinski definition) is 1. The Morgan fingerprint density at radius 3 is 2.48 bits per heavy atom. The summed E-state index contributed by atoms with van der Waals surface area (Å²) in [6.07, 6.45) is 0. The van der Waals surface area contributed by atoms with Gasteiger partial charge in [0.2, 0.25) is 5.91 Å². The van der Waals surface area contributed by atoms with Crippen molar-refractivity contribution in [3.8, 4) is 5.75 Å². The lowest BCUT2D eigenvalue weighted by molar-refractivity contribution is -0.119. The van der Waals surface area contributed by atoms with Crippen molar-refractivity contribution in [2.45, 2.75) is 25.6 Å². The molecule has 0 saturated carbocycles. The van der Waals surface area contributed by atoms with Gasteiger partial charge in [-0.3, -0.25) is 4.79 Å². The van der Waals surface area contributed by atoms with Crippen molar-refractivity contribution >= 4 is 17.7 Å². The van der Waals surface area contributed by atoms with Gasteiger partial charge in [-0.2, -0.15) is 0 Å². The average molecular weight is 329 g/mol. The lowest BCUT2D eigenvalue weighted by atomic mass is 10.1. The number of nitrogens with one attached hydrogen (secondary N) is 1. The van der Waals surface area contributed by atoms with Gasteiger partial charge >= 0.3 is 0 Å². The van der Waals surface area contributed by atoms with Gasteiger partial charge in [0.15, 0.2) is 0 Å². The Kier molecular flexibility index (Phi) is 7.01. The topological polar surface area (TPSA) is 38.3 Å². The maximum Gasteiger partial charge on any atom is 0.230 e. The molecule has 0 radical (unpaired) electrons. The van der Waals surface area contributed by atoms with Crippen LogP contribution in [-0.4, -0.2) is 18.3 Å². The summed E-state index contributed by atoms with van der Waals surface area (Å²) >= 11 is 1.63. The first-order valence-corrected chi connectivity index (χ1v) is 8.98. The van der Waals surface area contributed by atoms with Crippen molar-refractivity contribution < 1.29 is 9.53 Å². The molecule has 2 rings (SSSR count). The molecule has 0 aromatic heterocycles. The standard InChI is InChI=1S/C19H23NO2S/c1-3-22-18-11-9-17(10-12-18)15(2)20-19(21)14-23-13-16-7-5-4-6-8-16/h4-12,15H,3,13-14H2,1-2H3,(H,20,21)/t15-/m1/s1. The molecule has 1 N–H and O–H groups in total. The number of rotatable bonds is 8. The van der Waals surface area contributed by atoms with Crippen LogP contribution in [0.15, 0.2) is 54.6 Å². The second-order valence-corrected chi connectivity index (χ2v) is 6.26. The Labute approximate surface area is 142 Å². The van der Waals surface area contributed by atoms with Crippen molar-refractivity contribution in [1.82, 2.24) is 5.32 Å². The van der Waals surface area contributed by atoms with Crippen LogP contribution in [0.2, 0.25) is 0 Å². The highest BCUT2D eigenvalue weighted by molar-refractivity contribution is 7.99. The monoisotopic (exact) mass is 329 g/mol. The summed E-state index contributed by atoms with van der Waals surface area (Å²) in [5, 5.41) is 3.03. The molecule has 4 heteroatoms. The van der Waals surface area contributed by atoms with E-state index in [-0.39, 0.29) is 11.9 Å². The summed E-state index contributed by atoms with van der Waals surface area (Å²) in [7, 11) is 0. The predicted molar refractivity (Wildman–Crippen MR) is 96.8 cm³/mol. The third kappa shape index (κ3) is 5.99. The normalized spacial score (nSPS) is 11.7. The minimum atomic E-state index is -0.00416. The second kappa shape index (κ2) is 9.26. The fourth-order valence-corrected chi connectivity index (χ4v) is 3.02. The Morgan fingerprint density at radius 2 is 1.83 bits per heavy atom. The van der Waals surface area contributed by atoms with Crippen molar-refractivity contribution in [1.29, 1.82) is 0 Å². The molecule has 1 atom stereocenters. The quantitative estimate of drug-likeness (QED) is 0.789. The maximum absolute atomic E-state index is 12.0. The summed E-state index contributed by atoms with van der Waals surface area (Å²) in [6.45, 7) is 4.61. The van der Waals surface area contributed by atoms with Crippen molar-refractivity contribution in [2.75, 3.05) is 12.4 Å². The zero-order valence-corrected chi connectivity index (χ0v) is 14.4. The molecule has 3 nitrogen and oxygen atoms in total. The van der Waals surface area contributed by atoms with Crippen LogP contribution in [0.4, 0.5) is 0 Å². The lowest BCUT2D eigenvalue weighted by Crippen LogP contribution is -2.28. The molecule has 2 aromatic rings. The third-order valence-electron chi connectivity index (χ3n) is 3.41. The molecule has 2 aromatic carbocycles. The van der Waals surface area contributed by atoms with Gasteiger partial charge in [-0.1, -0.05) is 42.5 Å². The van der Waals surface area contributed by atoms with Crippen molar-refractivity contribution in [2.24, 2.45) is 0 Å². The number of hydrogen-bond acceptors (Lipinski definition) is 3. The molecule has 0 heterocycles. The minimum absolute atomic E-state index is 0.00416. The van der Waals surface area contributed by atoms with E-state index in [0.717, 1.165) is 17.1 Å². The van der Waals surface area contributed by atoms with E-state index >= 15 is 0 Å². The zero-order chi connectivity index (χ0) is 16.5. The van der Waals surface area contributed by atoms with Crippen LogP contribution in [-0.2, 0) is 10.5 Å². The van der Waals surface area contributed by atoms with Crippen LogP contribution < -0.4 is 10.1 Å². The van der Waals surface area contributed by atoms with Crippen LogP contribution >= 0.6 is 11.8 Å². The zero-order valence-electron chi connectivity index (χ0n) is 13.6. The van der Waals surface area contributed by atoms with Crippen molar-refractivity contribution in [3.05, 3.63) is 65.7 Å². The number of benzene rings is 2. The SMILES string of the molecule is CCOc1ccc([C@@H](C)NC(=O)CSCc2ccccc2)cc1. The van der Waals surface area contributed by atoms with E-state index in [1.807, 2.05) is 56.3 Å². The Bertz CT molecular complexity index is 599. The largest absolute Gasteiger partial charge is 0.494 e. The van der Waals surface area contributed by atoms with E-state index < -0.39 is 0 Å². The Hall–Kier alpha value is -1.94. The fourth-order valence-electron chi connectivity index (χ4n) is 2.22. The molecule has 0 bridgehead atoms. The molecule has 0 aliphatic carbocycles. The van der Waals surface area contributed by atoms with Crippen LogP contribution in [0.25, 0.3) is 0 Å². The number of ether oxygens (including phenoxy) is 1. The van der Waals surface area contributed by atoms with Gasteiger partial charge in [0.25, 0.3) is 0 Å². The number of amides is 1. The lowest BCUT2D eigenvalue weighted by Gasteiger charge is -2.15. The highest BCUT2D eigenvalue weighted by atomic mass is 32.2. The van der Waals surface area contributed by atoms with Gasteiger partial charge in [0.1, 0.15) is 5.75 Å². The van der Waals surface area contributed by atoms with E-state index in [0.29, 0.717) is 12.4 Å².